The topological polar surface area (TPSA) is 91.7 Å². The van der Waals surface area contributed by atoms with Crippen LogP contribution in [0.25, 0.3) is 0 Å². The first kappa shape index (κ1) is 12.4. The molecule has 0 amide bonds. The van der Waals surface area contributed by atoms with Crippen LogP contribution in [0.5, 0.6) is 0 Å². The van der Waals surface area contributed by atoms with E-state index in [-0.39, 0.29) is 12.3 Å². The Bertz CT molecular complexity index is 321. The molecule has 0 aromatic rings. The molecule has 87 valence electrons. The van der Waals surface area contributed by atoms with E-state index in [2.05, 4.69) is 0 Å². The lowest BCUT2D eigenvalue weighted by Crippen LogP contribution is -2.28. The highest BCUT2D eigenvalue weighted by Crippen LogP contribution is 2.30. The smallest absolute Gasteiger partial charge is 0.303 e. The monoisotopic (exact) mass is 235 g/mol. The fourth-order valence-electron chi connectivity index (χ4n) is 1.89. The molecule has 15 heavy (non-hydrogen) atoms. The molecular weight excluding hydrogens is 220 g/mol. The number of carbonyl (C=O) groups is 1. The zero-order valence-corrected chi connectivity index (χ0v) is 9.11. The van der Waals surface area contributed by atoms with Gasteiger partial charge in [-0.1, -0.05) is 6.42 Å². The minimum Gasteiger partial charge on any atom is -0.481 e. The predicted molar refractivity (Wildman–Crippen MR) is 53.8 cm³/mol. The van der Waals surface area contributed by atoms with E-state index in [0.29, 0.717) is 19.3 Å². The van der Waals surface area contributed by atoms with Crippen molar-refractivity contribution in [2.75, 3.05) is 0 Å². The maximum Gasteiger partial charge on any atom is 0.303 e. The molecular formula is C9H15O5S. The number of carboxylic acids is 1. The first-order valence-corrected chi connectivity index (χ1v) is 6.41. The second-order valence-electron chi connectivity index (χ2n) is 3.90. The first-order valence-electron chi connectivity index (χ1n) is 4.91. The van der Waals surface area contributed by atoms with Crippen molar-refractivity contribution in [3.63, 3.8) is 0 Å². The summed E-state index contributed by atoms with van der Waals surface area (Å²) in [4.78, 5) is 10.3. The highest BCUT2D eigenvalue weighted by atomic mass is 32.2. The van der Waals surface area contributed by atoms with E-state index in [1.807, 2.05) is 0 Å². The van der Waals surface area contributed by atoms with Crippen LogP contribution in [0.4, 0.5) is 0 Å². The Balaban J connectivity index is 2.46. The molecule has 1 aliphatic carbocycles. The van der Waals surface area contributed by atoms with Gasteiger partial charge in [0.25, 0.3) is 10.1 Å². The van der Waals surface area contributed by atoms with E-state index >= 15 is 0 Å². The maximum atomic E-state index is 10.9. The summed E-state index contributed by atoms with van der Waals surface area (Å²) in [5.74, 6) is -0.786. The van der Waals surface area contributed by atoms with Crippen molar-refractivity contribution in [2.45, 2.75) is 37.4 Å². The zero-order valence-electron chi connectivity index (χ0n) is 8.30. The van der Waals surface area contributed by atoms with Gasteiger partial charge in [-0.05, 0) is 31.6 Å². The first-order chi connectivity index (χ1) is 6.89. The van der Waals surface area contributed by atoms with E-state index in [0.717, 1.165) is 6.42 Å². The Kier molecular flexibility index (Phi) is 4.10. The molecule has 1 radical (unpaired) electrons. The van der Waals surface area contributed by atoms with Crippen molar-refractivity contribution in [2.24, 2.45) is 5.92 Å². The van der Waals surface area contributed by atoms with Gasteiger partial charge in [0.1, 0.15) is 0 Å². The molecule has 0 spiro atoms. The fourth-order valence-corrected chi connectivity index (χ4v) is 2.79. The zero-order chi connectivity index (χ0) is 11.5. The Labute approximate surface area is 89.2 Å². The second kappa shape index (κ2) is 4.94. The van der Waals surface area contributed by atoms with E-state index in [1.165, 1.54) is 0 Å². The molecule has 0 aliphatic heterocycles. The van der Waals surface area contributed by atoms with Crippen LogP contribution >= 0.6 is 0 Å². The molecule has 0 aromatic heterocycles. The molecule has 2 atom stereocenters. The van der Waals surface area contributed by atoms with Crippen molar-refractivity contribution in [1.29, 1.82) is 0 Å². The second-order valence-corrected chi connectivity index (χ2v) is 5.54. The quantitative estimate of drug-likeness (QED) is 0.712. The van der Waals surface area contributed by atoms with Crippen molar-refractivity contribution in [1.82, 2.24) is 0 Å². The van der Waals surface area contributed by atoms with Gasteiger partial charge in [0.15, 0.2) is 0 Å². The minimum atomic E-state index is -4.00. The lowest BCUT2D eigenvalue weighted by molar-refractivity contribution is -0.137. The molecule has 2 unspecified atom stereocenters. The number of aliphatic carboxylic acids is 1. The van der Waals surface area contributed by atoms with E-state index in [4.69, 9.17) is 9.66 Å². The van der Waals surface area contributed by atoms with E-state index in [9.17, 15) is 13.2 Å². The summed E-state index contributed by atoms with van der Waals surface area (Å²) in [6.07, 6.45) is 3.89. The molecule has 0 aromatic carbocycles. The van der Waals surface area contributed by atoms with Crippen LogP contribution < -0.4 is 0 Å². The fraction of sp³-hybridized carbons (Fsp3) is 0.778. The molecule has 5 nitrogen and oxygen atoms in total. The molecule has 1 rings (SSSR count). The summed E-state index contributed by atoms with van der Waals surface area (Å²) >= 11 is 0. The summed E-state index contributed by atoms with van der Waals surface area (Å²) in [7, 11) is -4.00. The summed E-state index contributed by atoms with van der Waals surface area (Å²) in [5, 5.41) is 7.68. The van der Waals surface area contributed by atoms with E-state index < -0.39 is 21.3 Å². The number of carboxylic acid groups (broad SMARTS) is 1. The van der Waals surface area contributed by atoms with Gasteiger partial charge in [-0.3, -0.25) is 9.35 Å². The van der Waals surface area contributed by atoms with Crippen LogP contribution in [0.15, 0.2) is 0 Å². The highest BCUT2D eigenvalue weighted by Gasteiger charge is 2.30. The van der Waals surface area contributed by atoms with Gasteiger partial charge in [-0.15, -0.1) is 0 Å². The van der Waals surface area contributed by atoms with Gasteiger partial charge < -0.3 is 5.11 Å². The maximum absolute atomic E-state index is 10.9. The standard InChI is InChI=1S/C9H15O5S/c10-9(11)5-4-7-2-1-3-8(6-7)15(12,13)14/h3,7-8H,1-2,4-6H2,(H,10,11)(H,12,13,14). The number of rotatable bonds is 4. The summed E-state index contributed by atoms with van der Waals surface area (Å²) < 4.78 is 30.6. The molecule has 1 aliphatic rings. The van der Waals surface area contributed by atoms with Crippen LogP contribution in [-0.2, 0) is 14.9 Å². The average Bonchev–Trinajstić information content (AvgIpc) is 2.14. The van der Waals surface area contributed by atoms with Gasteiger partial charge in [0, 0.05) is 6.42 Å². The molecule has 1 fully saturated rings. The Morgan fingerprint density at radius 2 is 2.13 bits per heavy atom. The molecule has 0 heterocycles. The summed E-state index contributed by atoms with van der Waals surface area (Å²) in [6, 6.07) is 0. The lowest BCUT2D eigenvalue weighted by atomic mass is 9.86. The predicted octanol–water partition coefficient (Wildman–Crippen LogP) is 1.11. The number of hydrogen-bond acceptors (Lipinski definition) is 3. The summed E-state index contributed by atoms with van der Waals surface area (Å²) in [6.45, 7) is 0. The third-order valence-electron chi connectivity index (χ3n) is 2.72. The summed E-state index contributed by atoms with van der Waals surface area (Å²) in [5.41, 5.74) is 0. The van der Waals surface area contributed by atoms with Gasteiger partial charge in [0.2, 0.25) is 0 Å². The third kappa shape index (κ3) is 4.17. The van der Waals surface area contributed by atoms with Crippen molar-refractivity contribution in [3.8, 4) is 0 Å². The van der Waals surface area contributed by atoms with Crippen molar-refractivity contribution < 1.29 is 22.9 Å². The Morgan fingerprint density at radius 1 is 1.47 bits per heavy atom. The van der Waals surface area contributed by atoms with Crippen LogP contribution in [-0.4, -0.2) is 29.3 Å². The molecule has 0 saturated heterocycles. The van der Waals surface area contributed by atoms with Crippen LogP contribution in [0, 0.1) is 12.3 Å². The van der Waals surface area contributed by atoms with E-state index in [1.54, 1.807) is 6.42 Å². The van der Waals surface area contributed by atoms with Gasteiger partial charge >= 0.3 is 5.97 Å². The molecule has 2 N–H and O–H groups in total. The van der Waals surface area contributed by atoms with Gasteiger partial charge in [0.05, 0.1) is 5.25 Å². The van der Waals surface area contributed by atoms with Gasteiger partial charge in [-0.2, -0.15) is 8.42 Å². The Morgan fingerprint density at radius 3 is 2.67 bits per heavy atom. The SMILES string of the molecule is O=C(O)CCC1CC[CH]C(S(=O)(=O)O)C1. The van der Waals surface area contributed by atoms with Crippen LogP contribution in [0.1, 0.15) is 32.1 Å². The van der Waals surface area contributed by atoms with Gasteiger partial charge in [-0.25, -0.2) is 0 Å². The largest absolute Gasteiger partial charge is 0.481 e. The highest BCUT2D eigenvalue weighted by molar-refractivity contribution is 7.86. The van der Waals surface area contributed by atoms with Crippen LogP contribution in [0.2, 0.25) is 0 Å². The normalized spacial score (nSPS) is 27.5. The molecule has 6 heteroatoms. The average molecular weight is 235 g/mol. The number of hydrogen-bond donors (Lipinski definition) is 2. The minimum absolute atomic E-state index is 0.0584. The van der Waals surface area contributed by atoms with Crippen LogP contribution in [0.3, 0.4) is 0 Å². The van der Waals surface area contributed by atoms with Crippen molar-refractivity contribution >= 4 is 16.1 Å². The lowest BCUT2D eigenvalue weighted by Gasteiger charge is -2.26. The molecule has 0 bridgehead atoms. The third-order valence-corrected chi connectivity index (χ3v) is 3.87. The molecule has 1 saturated carbocycles. The van der Waals surface area contributed by atoms with Crippen molar-refractivity contribution in [3.05, 3.63) is 6.42 Å². The Hall–Kier alpha value is -0.620.